The molecule has 1 fully saturated rings. The van der Waals surface area contributed by atoms with Crippen LogP contribution in [0.2, 0.25) is 0 Å². The Balaban J connectivity index is 2.04. The Hall–Kier alpha value is -2.36. The zero-order valence-corrected chi connectivity index (χ0v) is 13.8. The van der Waals surface area contributed by atoms with Crippen LogP contribution in [-0.4, -0.2) is 44.3 Å². The first-order valence-corrected chi connectivity index (χ1v) is 7.93. The van der Waals surface area contributed by atoms with Gasteiger partial charge in [0, 0.05) is 13.2 Å². The lowest BCUT2D eigenvalue weighted by atomic mass is 10.2. The van der Waals surface area contributed by atoms with E-state index in [1.54, 1.807) is 14.0 Å². The predicted molar refractivity (Wildman–Crippen MR) is 85.6 cm³/mol. The highest BCUT2D eigenvalue weighted by Gasteiger charge is 2.43. The van der Waals surface area contributed by atoms with Gasteiger partial charge in [-0.15, -0.1) is 13.2 Å². The van der Waals surface area contributed by atoms with Gasteiger partial charge in [-0.1, -0.05) is 0 Å². The molecule has 1 aliphatic carbocycles. The molecule has 0 radical (unpaired) electrons. The first-order valence-electron chi connectivity index (χ1n) is 7.93. The third-order valence-corrected chi connectivity index (χ3v) is 4.37. The van der Waals surface area contributed by atoms with Crippen LogP contribution < -0.4 is 10.2 Å². The van der Waals surface area contributed by atoms with Crippen molar-refractivity contribution in [3.63, 3.8) is 0 Å². The second kappa shape index (κ2) is 6.51. The first-order chi connectivity index (χ1) is 11.8. The molecule has 2 aromatic rings. The number of alkyl halides is 3. The quantitative estimate of drug-likeness (QED) is 0.820. The Morgan fingerprint density at radius 2 is 2.12 bits per heavy atom. The summed E-state index contributed by atoms with van der Waals surface area (Å²) in [5.74, 6) is -0.218. The third kappa shape index (κ3) is 3.26. The molecule has 25 heavy (non-hydrogen) atoms. The summed E-state index contributed by atoms with van der Waals surface area (Å²) in [6.07, 6.45) is -0.807. The summed E-state index contributed by atoms with van der Waals surface area (Å²) in [5, 5.41) is 16.8. The van der Waals surface area contributed by atoms with E-state index in [2.05, 4.69) is 20.4 Å². The van der Waals surface area contributed by atoms with E-state index in [-0.39, 0.29) is 22.4 Å². The maximum absolute atomic E-state index is 13.7. The normalized spacial score (nSPS) is 20.7. The molecule has 0 aromatic carbocycles. The zero-order chi connectivity index (χ0) is 18.2. The number of nitrogens with zero attached hydrogens (tertiary/aromatic N) is 5. The van der Waals surface area contributed by atoms with E-state index in [1.165, 1.54) is 16.9 Å². The van der Waals surface area contributed by atoms with Crippen molar-refractivity contribution in [1.29, 1.82) is 0 Å². The minimum atomic E-state index is -4.72. The number of rotatable bonds is 4. The van der Waals surface area contributed by atoms with Gasteiger partial charge in [-0.3, -0.25) is 4.68 Å². The van der Waals surface area contributed by atoms with Gasteiger partial charge in [0.05, 0.1) is 29.7 Å². The van der Waals surface area contributed by atoms with E-state index >= 15 is 0 Å². The molecule has 1 aliphatic rings. The summed E-state index contributed by atoms with van der Waals surface area (Å²) in [6, 6.07) is 1.16. The van der Waals surface area contributed by atoms with Gasteiger partial charge in [-0.2, -0.15) is 10.1 Å². The van der Waals surface area contributed by atoms with Crippen molar-refractivity contribution in [1.82, 2.24) is 19.7 Å². The van der Waals surface area contributed by atoms with Crippen molar-refractivity contribution in [2.75, 3.05) is 17.3 Å². The van der Waals surface area contributed by atoms with Crippen LogP contribution in [0.1, 0.15) is 31.0 Å². The fourth-order valence-corrected chi connectivity index (χ4v) is 3.13. The molecule has 136 valence electrons. The van der Waals surface area contributed by atoms with Crippen molar-refractivity contribution in [3.05, 3.63) is 24.2 Å². The molecule has 0 aliphatic heterocycles. The van der Waals surface area contributed by atoms with Gasteiger partial charge >= 0.3 is 6.30 Å². The highest BCUT2D eigenvalue weighted by atomic mass is 19.4. The molecule has 2 atom stereocenters. The molecule has 3 rings (SSSR count). The second-order valence-electron chi connectivity index (χ2n) is 5.92. The molecule has 0 saturated heterocycles. The van der Waals surface area contributed by atoms with Crippen LogP contribution >= 0.6 is 0 Å². The second-order valence-corrected chi connectivity index (χ2v) is 5.92. The summed E-state index contributed by atoms with van der Waals surface area (Å²) in [5.41, 5.74) is 0.154. The Labute approximate surface area is 142 Å². The lowest BCUT2D eigenvalue weighted by Crippen LogP contribution is -2.35. The molecular weight excluding hydrogens is 337 g/mol. The molecule has 10 heteroatoms. The number of halogens is 3. The van der Waals surface area contributed by atoms with Gasteiger partial charge in [-0.05, 0) is 32.3 Å². The Bertz CT molecular complexity index is 747. The van der Waals surface area contributed by atoms with Gasteiger partial charge in [0.2, 0.25) is 5.95 Å². The molecular formula is C15H19F3N6O. The van der Waals surface area contributed by atoms with Crippen LogP contribution in [-0.2, 0) is 0 Å². The smallest absolute Gasteiger partial charge is 0.391 e. The van der Waals surface area contributed by atoms with Gasteiger partial charge in [0.25, 0.3) is 0 Å². The largest absolute Gasteiger partial charge is 0.491 e. The van der Waals surface area contributed by atoms with Gasteiger partial charge < -0.3 is 10.4 Å². The van der Waals surface area contributed by atoms with E-state index in [4.69, 9.17) is 0 Å². The highest BCUT2D eigenvalue weighted by molar-refractivity contribution is 5.61. The number of nitrogens with one attached hydrogen (secondary N) is 1. The van der Waals surface area contributed by atoms with E-state index in [1.807, 2.05) is 0 Å². The molecule has 2 unspecified atom stereocenters. The van der Waals surface area contributed by atoms with Crippen LogP contribution in [0.5, 0.6) is 0 Å². The highest BCUT2D eigenvalue weighted by Crippen LogP contribution is 2.39. The minimum Gasteiger partial charge on any atom is -0.391 e. The van der Waals surface area contributed by atoms with Gasteiger partial charge in [0.15, 0.2) is 0 Å². The van der Waals surface area contributed by atoms with E-state index in [0.29, 0.717) is 18.5 Å². The molecule has 0 amide bonds. The number of hydrogen-bond acceptors (Lipinski definition) is 6. The van der Waals surface area contributed by atoms with Crippen LogP contribution in [0.15, 0.2) is 18.5 Å². The van der Waals surface area contributed by atoms with Crippen molar-refractivity contribution >= 4 is 17.5 Å². The zero-order valence-electron chi connectivity index (χ0n) is 13.8. The van der Waals surface area contributed by atoms with Gasteiger partial charge in [0.1, 0.15) is 5.82 Å². The number of hydrogen-bond donors (Lipinski definition) is 2. The molecule has 0 bridgehead atoms. The standard InChI is InChI=1S/C15H19F3N6O/c1-9-11(8-21-24(9)10-4-3-5-12(10)25)23(15(16,17)18)14-20-7-6-13(19-2)22-14/h6-8,10,12,25H,3-5H2,1-2H3,(H,19,20,22). The van der Waals surface area contributed by atoms with Crippen LogP contribution in [0.4, 0.5) is 30.6 Å². The van der Waals surface area contributed by atoms with Crippen molar-refractivity contribution in [2.45, 2.75) is 44.6 Å². The Kier molecular flexibility index (Phi) is 4.55. The van der Waals surface area contributed by atoms with Crippen molar-refractivity contribution in [2.24, 2.45) is 0 Å². The molecule has 2 aromatic heterocycles. The third-order valence-electron chi connectivity index (χ3n) is 4.37. The molecule has 2 heterocycles. The molecule has 7 nitrogen and oxygen atoms in total. The number of aliphatic hydroxyl groups is 1. The fraction of sp³-hybridized carbons (Fsp3) is 0.533. The van der Waals surface area contributed by atoms with E-state index < -0.39 is 18.4 Å². The maximum atomic E-state index is 13.7. The average Bonchev–Trinajstić information content (AvgIpc) is 3.13. The van der Waals surface area contributed by atoms with Crippen LogP contribution in [0.25, 0.3) is 0 Å². The summed E-state index contributed by atoms with van der Waals surface area (Å²) in [7, 11) is 1.56. The maximum Gasteiger partial charge on any atom is 0.491 e. The van der Waals surface area contributed by atoms with Crippen molar-refractivity contribution < 1.29 is 18.3 Å². The first kappa shape index (κ1) is 17.5. The lowest BCUT2D eigenvalue weighted by Gasteiger charge is -2.25. The molecule has 0 spiro atoms. The number of aliphatic hydroxyl groups excluding tert-OH is 1. The monoisotopic (exact) mass is 356 g/mol. The summed E-state index contributed by atoms with van der Waals surface area (Å²) < 4.78 is 42.6. The van der Waals surface area contributed by atoms with Crippen LogP contribution in [0, 0.1) is 6.92 Å². The van der Waals surface area contributed by atoms with E-state index in [0.717, 1.165) is 12.6 Å². The van der Waals surface area contributed by atoms with Crippen molar-refractivity contribution in [3.8, 4) is 0 Å². The minimum absolute atomic E-state index is 0.105. The number of aromatic nitrogens is 4. The summed E-state index contributed by atoms with van der Waals surface area (Å²) in [4.78, 5) is 7.76. The summed E-state index contributed by atoms with van der Waals surface area (Å²) >= 11 is 0. The topological polar surface area (TPSA) is 79.1 Å². The fourth-order valence-electron chi connectivity index (χ4n) is 3.13. The lowest BCUT2D eigenvalue weighted by molar-refractivity contribution is -0.121. The number of anilines is 3. The van der Waals surface area contributed by atoms with Gasteiger partial charge in [-0.25, -0.2) is 9.88 Å². The SMILES string of the molecule is CNc1ccnc(N(c2cnn(C3CCCC3O)c2C)C(F)(F)F)n1. The Morgan fingerprint density at radius 3 is 2.72 bits per heavy atom. The Morgan fingerprint density at radius 1 is 1.36 bits per heavy atom. The van der Waals surface area contributed by atoms with Crippen LogP contribution in [0.3, 0.4) is 0 Å². The molecule has 2 N–H and O–H groups in total. The molecule has 1 saturated carbocycles. The predicted octanol–water partition coefficient (Wildman–Crippen LogP) is 2.77. The summed E-state index contributed by atoms with van der Waals surface area (Å²) in [6.45, 7) is 1.55. The average molecular weight is 356 g/mol. The van der Waals surface area contributed by atoms with E-state index in [9.17, 15) is 18.3 Å².